The molecular formula is C23H22F2N4O3. The van der Waals surface area contributed by atoms with Crippen LogP contribution in [0.25, 0.3) is 22.4 Å². The average Bonchev–Trinajstić information content (AvgIpc) is 3.18. The van der Waals surface area contributed by atoms with Gasteiger partial charge >= 0.3 is 0 Å². The third kappa shape index (κ3) is 3.86. The molecule has 9 heteroatoms. The first-order valence-corrected chi connectivity index (χ1v) is 10.5. The maximum atomic E-state index is 14.7. The Labute approximate surface area is 183 Å². The number of hydrogen-bond acceptors (Lipinski definition) is 5. The van der Waals surface area contributed by atoms with Crippen molar-refractivity contribution < 1.29 is 23.1 Å². The highest BCUT2D eigenvalue weighted by molar-refractivity contribution is 6.14. The number of halogens is 2. The summed E-state index contributed by atoms with van der Waals surface area (Å²) in [7, 11) is 0. The molecule has 166 valence electrons. The van der Waals surface area contributed by atoms with Crippen LogP contribution in [0.5, 0.6) is 5.88 Å². The summed E-state index contributed by atoms with van der Waals surface area (Å²) in [4.78, 5) is 30.2. The van der Waals surface area contributed by atoms with Gasteiger partial charge in [0.1, 0.15) is 23.1 Å². The molecule has 0 saturated heterocycles. The van der Waals surface area contributed by atoms with Gasteiger partial charge in [0.05, 0.1) is 12.2 Å². The number of ether oxygens (including phenoxy) is 1. The van der Waals surface area contributed by atoms with Gasteiger partial charge in [-0.3, -0.25) is 9.59 Å². The zero-order chi connectivity index (χ0) is 22.8. The number of aromatic nitrogens is 3. The Morgan fingerprint density at radius 2 is 1.88 bits per heavy atom. The molecule has 0 atom stereocenters. The van der Waals surface area contributed by atoms with Gasteiger partial charge in [-0.2, -0.15) is 5.10 Å². The largest absolute Gasteiger partial charge is 0.477 e. The lowest BCUT2D eigenvalue weighted by Crippen LogP contribution is -2.36. The van der Waals surface area contributed by atoms with E-state index in [1.807, 2.05) is 0 Å². The first kappa shape index (κ1) is 21.6. The number of carbonyl (C=O) groups is 2. The number of rotatable bonds is 5. The number of aryl methyl sites for hydroxylation is 1. The van der Waals surface area contributed by atoms with Gasteiger partial charge in [0, 0.05) is 43.6 Å². The molecule has 32 heavy (non-hydrogen) atoms. The van der Waals surface area contributed by atoms with Gasteiger partial charge < -0.3 is 4.74 Å². The zero-order valence-corrected chi connectivity index (χ0v) is 17.8. The highest BCUT2D eigenvalue weighted by atomic mass is 19.1. The minimum atomic E-state index is -0.750. The Morgan fingerprint density at radius 1 is 1.12 bits per heavy atom. The van der Waals surface area contributed by atoms with Crippen molar-refractivity contribution in [3.05, 3.63) is 48.2 Å². The van der Waals surface area contributed by atoms with Crippen molar-refractivity contribution in [2.45, 2.75) is 39.7 Å². The first-order valence-electron chi connectivity index (χ1n) is 10.5. The molecular weight excluding hydrogens is 418 g/mol. The number of carbonyl (C=O) groups excluding carboxylic acids is 2. The van der Waals surface area contributed by atoms with Gasteiger partial charge in [-0.25, -0.2) is 23.3 Å². The summed E-state index contributed by atoms with van der Waals surface area (Å²) >= 11 is 0. The van der Waals surface area contributed by atoms with Crippen molar-refractivity contribution in [1.29, 1.82) is 0 Å². The number of imide groups is 1. The average molecular weight is 440 g/mol. The second-order valence-corrected chi connectivity index (χ2v) is 7.31. The number of pyridine rings is 1. The van der Waals surface area contributed by atoms with E-state index in [-0.39, 0.29) is 41.7 Å². The summed E-state index contributed by atoms with van der Waals surface area (Å²) < 4.78 is 35.7. The molecule has 0 N–H and O–H groups in total. The molecule has 0 fully saturated rings. The van der Waals surface area contributed by atoms with Gasteiger partial charge in [0.25, 0.3) is 0 Å². The summed E-state index contributed by atoms with van der Waals surface area (Å²) in [5, 5.41) is 4.53. The van der Waals surface area contributed by atoms with E-state index < -0.39 is 11.6 Å². The van der Waals surface area contributed by atoms with E-state index in [1.165, 1.54) is 18.3 Å². The third-order valence-corrected chi connectivity index (χ3v) is 5.21. The molecule has 0 aliphatic carbocycles. The highest BCUT2D eigenvalue weighted by Gasteiger charge is 2.28. The van der Waals surface area contributed by atoms with Gasteiger partial charge in [0.2, 0.25) is 17.7 Å². The van der Waals surface area contributed by atoms with E-state index in [2.05, 4.69) is 10.1 Å². The number of fused-ring (bicyclic) bond motifs is 1. The second kappa shape index (κ2) is 8.86. The van der Waals surface area contributed by atoms with Gasteiger partial charge in [-0.1, -0.05) is 13.8 Å². The number of benzene rings is 1. The molecule has 0 saturated carbocycles. The van der Waals surface area contributed by atoms with Crippen LogP contribution in [0, 0.1) is 11.6 Å². The minimum Gasteiger partial charge on any atom is -0.477 e. The molecule has 0 spiro atoms. The number of amides is 2. The van der Waals surface area contributed by atoms with Crippen LogP contribution in [-0.4, -0.2) is 33.2 Å². The molecule has 1 aliphatic heterocycles. The van der Waals surface area contributed by atoms with Crippen LogP contribution in [0.4, 0.5) is 14.6 Å². The third-order valence-electron chi connectivity index (χ3n) is 5.21. The lowest BCUT2D eigenvalue weighted by molar-refractivity contribution is -0.126. The monoisotopic (exact) mass is 440 g/mol. The first-order chi connectivity index (χ1) is 15.4. The Balaban J connectivity index is 1.90. The maximum absolute atomic E-state index is 14.7. The van der Waals surface area contributed by atoms with Crippen LogP contribution in [-0.2, 0) is 16.1 Å². The fourth-order valence-corrected chi connectivity index (χ4v) is 3.67. The fourth-order valence-electron chi connectivity index (χ4n) is 3.67. The van der Waals surface area contributed by atoms with Crippen molar-refractivity contribution in [1.82, 2.24) is 14.8 Å². The summed E-state index contributed by atoms with van der Waals surface area (Å²) in [5.74, 6) is -1.57. The van der Waals surface area contributed by atoms with Crippen LogP contribution in [0.15, 0.2) is 36.5 Å². The van der Waals surface area contributed by atoms with Crippen molar-refractivity contribution in [3.63, 3.8) is 0 Å². The van der Waals surface area contributed by atoms with Crippen molar-refractivity contribution in [3.8, 4) is 28.3 Å². The molecule has 1 aromatic carbocycles. The van der Waals surface area contributed by atoms with E-state index in [0.29, 0.717) is 30.2 Å². The molecule has 0 radical (unpaired) electrons. The van der Waals surface area contributed by atoms with E-state index in [9.17, 15) is 18.4 Å². The molecule has 4 rings (SSSR count). The Hall–Kier alpha value is -3.62. The van der Waals surface area contributed by atoms with Gasteiger partial charge in [0.15, 0.2) is 0 Å². The molecule has 3 heterocycles. The van der Waals surface area contributed by atoms with Crippen molar-refractivity contribution in [2.24, 2.45) is 0 Å². The van der Waals surface area contributed by atoms with Crippen LogP contribution in [0.1, 0.15) is 33.1 Å². The van der Waals surface area contributed by atoms with Gasteiger partial charge in [-0.05, 0) is 29.8 Å². The molecule has 7 nitrogen and oxygen atoms in total. The van der Waals surface area contributed by atoms with Crippen molar-refractivity contribution >= 4 is 17.6 Å². The summed E-state index contributed by atoms with van der Waals surface area (Å²) in [6.45, 7) is 4.38. The smallest absolute Gasteiger partial charge is 0.234 e. The van der Waals surface area contributed by atoms with E-state index in [0.717, 1.165) is 17.4 Å². The number of nitrogens with zero attached hydrogens (tertiary/aromatic N) is 4. The van der Waals surface area contributed by atoms with Crippen LogP contribution >= 0.6 is 0 Å². The molecule has 1 aliphatic rings. The van der Waals surface area contributed by atoms with Crippen LogP contribution in [0.3, 0.4) is 0 Å². The molecule has 3 aromatic rings. The predicted molar refractivity (Wildman–Crippen MR) is 114 cm³/mol. The lowest BCUT2D eigenvalue weighted by Gasteiger charge is -2.20. The van der Waals surface area contributed by atoms with Gasteiger partial charge in [-0.15, -0.1) is 0 Å². The Kier molecular flexibility index (Phi) is 5.98. The molecule has 2 aromatic heterocycles. The molecule has 2 amide bonds. The Morgan fingerprint density at radius 3 is 2.56 bits per heavy atom. The van der Waals surface area contributed by atoms with E-state index >= 15 is 0 Å². The summed E-state index contributed by atoms with van der Waals surface area (Å²) in [5.41, 5.74) is 1.45. The van der Waals surface area contributed by atoms with Crippen molar-refractivity contribution in [2.75, 3.05) is 11.5 Å². The Bertz CT molecular complexity index is 1180. The van der Waals surface area contributed by atoms with Crippen LogP contribution in [0.2, 0.25) is 0 Å². The summed E-state index contributed by atoms with van der Waals surface area (Å²) in [6.07, 6.45) is 2.48. The topological polar surface area (TPSA) is 77.3 Å². The lowest BCUT2D eigenvalue weighted by atomic mass is 10.0. The number of anilines is 1. The predicted octanol–water partition coefficient (Wildman–Crippen LogP) is 4.35. The maximum Gasteiger partial charge on any atom is 0.234 e. The fraction of sp³-hybridized carbons (Fsp3) is 0.304. The molecule has 0 bridgehead atoms. The van der Waals surface area contributed by atoms with E-state index in [1.54, 1.807) is 30.7 Å². The molecule has 0 unspecified atom stereocenters. The van der Waals surface area contributed by atoms with E-state index in [4.69, 9.17) is 4.74 Å². The SMILES string of the molecule is CCC(=O)N(C(=O)CC)c1cc(-c2c(-c3ccc(F)cc3F)nn3c2OCCC3)ccn1. The zero-order valence-electron chi connectivity index (χ0n) is 17.8. The standard InChI is InChI=1S/C23H22F2N4O3/c1-3-19(30)29(20(31)4-2)18-12-14(8-9-26-18)21-22(16-7-6-15(24)13-17(16)25)27-28-10-5-11-32-23(21)28/h6-9,12-13H,3-5,10-11H2,1-2H3. The number of hydrogen-bond donors (Lipinski definition) is 0. The normalized spacial score (nSPS) is 12.8. The summed E-state index contributed by atoms with van der Waals surface area (Å²) in [6, 6.07) is 6.56. The van der Waals surface area contributed by atoms with Crippen LogP contribution < -0.4 is 9.64 Å². The second-order valence-electron chi connectivity index (χ2n) is 7.31. The highest BCUT2D eigenvalue weighted by Crippen LogP contribution is 2.42. The quantitative estimate of drug-likeness (QED) is 0.590. The minimum absolute atomic E-state index is 0.122.